The quantitative estimate of drug-likeness (QED) is 0.666. The van der Waals surface area contributed by atoms with Crippen molar-refractivity contribution in [1.29, 1.82) is 0 Å². The van der Waals surface area contributed by atoms with Crippen LogP contribution in [0.4, 0.5) is 0 Å². The van der Waals surface area contributed by atoms with Crippen LogP contribution in [0.2, 0.25) is 0 Å². The van der Waals surface area contributed by atoms with Crippen LogP contribution in [-0.4, -0.2) is 18.4 Å². The van der Waals surface area contributed by atoms with Crippen molar-refractivity contribution in [2.75, 3.05) is 0 Å². The van der Waals surface area contributed by atoms with Crippen LogP contribution in [0.15, 0.2) is 24.3 Å². The Labute approximate surface area is 81.6 Å². The fraction of sp³-hybridized carbons (Fsp3) is 0.143. The Morgan fingerprint density at radius 1 is 1.29 bits per heavy atom. The molecule has 0 unspecified atom stereocenters. The van der Waals surface area contributed by atoms with Crippen LogP contribution < -0.4 is 9.92 Å². The smallest absolute Gasteiger partial charge is 0.412 e. The molecule has 0 aliphatic rings. The van der Waals surface area contributed by atoms with Crippen LogP contribution in [0.25, 0.3) is 0 Å². The first-order chi connectivity index (χ1) is 6.01. The molecule has 0 spiro atoms. The average molecular weight is 221 g/mol. The number of hydrogen-bond acceptors (Lipinski definition) is 4. The van der Waals surface area contributed by atoms with E-state index < -0.39 is 10.4 Å². The van der Waals surface area contributed by atoms with Gasteiger partial charge in [-0.3, -0.25) is 4.55 Å². The summed E-state index contributed by atoms with van der Waals surface area (Å²) < 4.78 is 33.0. The summed E-state index contributed by atoms with van der Waals surface area (Å²) in [5, 5.41) is 0. The highest BCUT2D eigenvalue weighted by Crippen LogP contribution is 2.13. The predicted molar refractivity (Wildman–Crippen MR) is 50.1 cm³/mol. The molecule has 0 amide bonds. The molecule has 0 bridgehead atoms. The molecule has 5 N–H and O–H groups in total. The van der Waals surface area contributed by atoms with Gasteiger partial charge in [0.05, 0.1) is 0 Å². The summed E-state index contributed by atoms with van der Waals surface area (Å²) in [4.78, 5) is 0. The van der Waals surface area contributed by atoms with E-state index in [1.165, 1.54) is 12.1 Å². The zero-order chi connectivity index (χ0) is 9.90. The first-order valence-corrected chi connectivity index (χ1v) is 4.84. The highest BCUT2D eigenvalue weighted by molar-refractivity contribution is 7.81. The van der Waals surface area contributed by atoms with Gasteiger partial charge in [0.2, 0.25) is 0 Å². The molecule has 6 nitrogen and oxygen atoms in total. The zero-order valence-electron chi connectivity index (χ0n) is 7.17. The summed E-state index contributed by atoms with van der Waals surface area (Å²) in [7, 11) is -4.43. The molecule has 0 aliphatic carbocycles. The highest BCUT2D eigenvalue weighted by atomic mass is 32.3. The van der Waals surface area contributed by atoms with E-state index in [0.717, 1.165) is 5.56 Å². The summed E-state index contributed by atoms with van der Waals surface area (Å²) >= 11 is 0. The van der Waals surface area contributed by atoms with Gasteiger partial charge in [0.1, 0.15) is 5.75 Å². The summed E-state index contributed by atoms with van der Waals surface area (Å²) in [5.41, 5.74) is 6.17. The monoisotopic (exact) mass is 221 g/mol. The molecule has 0 saturated heterocycles. The van der Waals surface area contributed by atoms with Crippen LogP contribution in [0, 0.1) is 0 Å². The molecule has 1 rings (SSSR count). The zero-order valence-corrected chi connectivity index (χ0v) is 7.99. The summed E-state index contributed by atoms with van der Waals surface area (Å²) in [6.45, 7) is 0.367. The second-order valence-corrected chi connectivity index (χ2v) is 3.38. The van der Waals surface area contributed by atoms with Gasteiger partial charge in [-0.25, -0.2) is 0 Å². The Hall–Kier alpha value is -1.15. The summed E-state index contributed by atoms with van der Waals surface area (Å²) in [6, 6.07) is 6.05. The van der Waals surface area contributed by atoms with Crippen LogP contribution in [-0.2, 0) is 16.9 Å². The van der Waals surface area contributed by atoms with Gasteiger partial charge in [-0.1, -0.05) is 12.1 Å². The van der Waals surface area contributed by atoms with E-state index in [1.807, 2.05) is 0 Å². The molecular weight excluding hydrogens is 210 g/mol. The molecule has 1 aromatic rings. The normalized spacial score (nSPS) is 10.4. The van der Waals surface area contributed by atoms with Gasteiger partial charge in [0.15, 0.2) is 0 Å². The van der Waals surface area contributed by atoms with Crippen LogP contribution in [0.1, 0.15) is 5.56 Å². The van der Waals surface area contributed by atoms with E-state index >= 15 is 0 Å². The minimum atomic E-state index is -4.43. The third-order valence-corrected chi connectivity index (χ3v) is 1.76. The Balaban J connectivity index is 0.00000169. The molecule has 0 aromatic heterocycles. The number of hydrogen-bond donors (Lipinski definition) is 2. The molecule has 0 atom stereocenters. The minimum absolute atomic E-state index is 0. The second-order valence-electron chi connectivity index (χ2n) is 2.36. The SMILES string of the molecule is NCc1ccc(OS(=O)(=O)O)cc1.O. The number of rotatable bonds is 3. The molecule has 0 fully saturated rings. The standard InChI is InChI=1S/C7H9NO4S.H2O/c8-5-6-1-3-7(4-2-6)12-13(9,10)11;/h1-4H,5,8H2,(H,9,10,11);1H2. The third-order valence-electron chi connectivity index (χ3n) is 1.36. The lowest BCUT2D eigenvalue weighted by Crippen LogP contribution is -2.06. The first-order valence-electron chi connectivity index (χ1n) is 3.47. The van der Waals surface area contributed by atoms with Crippen molar-refractivity contribution in [3.8, 4) is 5.75 Å². The van der Waals surface area contributed by atoms with Gasteiger partial charge in [-0.15, -0.1) is 0 Å². The van der Waals surface area contributed by atoms with Gasteiger partial charge in [-0.05, 0) is 17.7 Å². The van der Waals surface area contributed by atoms with E-state index in [0.29, 0.717) is 6.54 Å². The van der Waals surface area contributed by atoms with Crippen LogP contribution >= 0.6 is 0 Å². The van der Waals surface area contributed by atoms with E-state index in [4.69, 9.17) is 10.3 Å². The Bertz CT molecular complexity index is 372. The molecule has 7 heteroatoms. The van der Waals surface area contributed by atoms with E-state index in [9.17, 15) is 8.42 Å². The number of nitrogens with two attached hydrogens (primary N) is 1. The minimum Gasteiger partial charge on any atom is -0.412 e. The maximum Gasteiger partial charge on any atom is 0.446 e. The van der Waals surface area contributed by atoms with Gasteiger partial charge in [-0.2, -0.15) is 8.42 Å². The van der Waals surface area contributed by atoms with Crippen LogP contribution in [0.5, 0.6) is 5.75 Å². The lowest BCUT2D eigenvalue weighted by Gasteiger charge is -2.01. The Kier molecular flexibility index (Phi) is 4.51. The molecule has 0 radical (unpaired) electrons. The van der Waals surface area contributed by atoms with Crippen molar-refractivity contribution in [2.24, 2.45) is 5.73 Å². The van der Waals surface area contributed by atoms with Crippen LogP contribution in [0.3, 0.4) is 0 Å². The lowest BCUT2D eigenvalue weighted by molar-refractivity contribution is 0.387. The molecule has 0 aliphatic heterocycles. The molecule has 0 saturated carbocycles. The lowest BCUT2D eigenvalue weighted by atomic mass is 10.2. The van der Waals surface area contributed by atoms with Crippen molar-refractivity contribution in [3.05, 3.63) is 29.8 Å². The van der Waals surface area contributed by atoms with E-state index in [2.05, 4.69) is 4.18 Å². The third kappa shape index (κ3) is 4.19. The number of benzene rings is 1. The summed E-state index contributed by atoms with van der Waals surface area (Å²) in [6.07, 6.45) is 0. The topological polar surface area (TPSA) is 121 Å². The highest BCUT2D eigenvalue weighted by Gasteiger charge is 2.05. The molecule has 14 heavy (non-hydrogen) atoms. The first kappa shape index (κ1) is 12.8. The second kappa shape index (κ2) is 4.91. The predicted octanol–water partition coefficient (Wildman–Crippen LogP) is -0.498. The van der Waals surface area contributed by atoms with Gasteiger partial charge in [0.25, 0.3) is 0 Å². The maximum atomic E-state index is 10.3. The van der Waals surface area contributed by atoms with Gasteiger partial charge < -0.3 is 15.4 Å². The summed E-state index contributed by atoms with van der Waals surface area (Å²) in [5.74, 6) is 0.0553. The van der Waals surface area contributed by atoms with Crippen molar-refractivity contribution in [1.82, 2.24) is 0 Å². The largest absolute Gasteiger partial charge is 0.446 e. The van der Waals surface area contributed by atoms with Gasteiger partial charge in [0, 0.05) is 6.54 Å². The Morgan fingerprint density at radius 3 is 2.14 bits per heavy atom. The Morgan fingerprint density at radius 2 is 1.79 bits per heavy atom. The van der Waals surface area contributed by atoms with Crippen molar-refractivity contribution in [2.45, 2.75) is 6.54 Å². The fourth-order valence-corrected chi connectivity index (χ4v) is 1.16. The van der Waals surface area contributed by atoms with E-state index in [-0.39, 0.29) is 11.2 Å². The molecule has 80 valence electrons. The van der Waals surface area contributed by atoms with Crippen molar-refractivity contribution in [3.63, 3.8) is 0 Å². The fourth-order valence-electron chi connectivity index (χ4n) is 0.803. The maximum absolute atomic E-state index is 10.3. The van der Waals surface area contributed by atoms with Crippen molar-refractivity contribution < 1.29 is 22.6 Å². The van der Waals surface area contributed by atoms with E-state index in [1.54, 1.807) is 12.1 Å². The average Bonchev–Trinajstić information content (AvgIpc) is 2.03. The van der Waals surface area contributed by atoms with Crippen molar-refractivity contribution >= 4 is 10.4 Å². The molecule has 1 aromatic carbocycles. The molecule has 0 heterocycles. The molecular formula is C7H11NO5S. The van der Waals surface area contributed by atoms with Gasteiger partial charge >= 0.3 is 10.4 Å².